The number of aryl methyl sites for hydroxylation is 1. The third-order valence-corrected chi connectivity index (χ3v) is 2.59. The molecule has 0 fully saturated rings. The summed E-state index contributed by atoms with van der Waals surface area (Å²) in [6.45, 7) is 2.78. The van der Waals surface area contributed by atoms with Crippen LogP contribution in [0, 0.1) is 11.3 Å². The minimum atomic E-state index is 0.452. The lowest BCUT2D eigenvalue weighted by Crippen LogP contribution is -2.04. The Labute approximate surface area is 100 Å². The first-order valence-electron chi connectivity index (χ1n) is 5.59. The zero-order chi connectivity index (χ0) is 12.3. The molecule has 0 atom stereocenters. The Morgan fingerprint density at radius 1 is 1.35 bits per heavy atom. The van der Waals surface area contributed by atoms with Crippen molar-refractivity contribution < 1.29 is 0 Å². The Morgan fingerprint density at radius 2 is 2.06 bits per heavy atom. The minimum absolute atomic E-state index is 0.452. The molecule has 4 nitrogen and oxygen atoms in total. The molecule has 2 aromatic rings. The van der Waals surface area contributed by atoms with Gasteiger partial charge in [0.15, 0.2) is 0 Å². The van der Waals surface area contributed by atoms with Crippen LogP contribution in [0.25, 0.3) is 11.3 Å². The molecule has 1 aromatic heterocycles. The molecule has 0 saturated heterocycles. The fourth-order valence-electron chi connectivity index (χ4n) is 1.77. The normalized spacial score (nSPS) is 10.1. The summed E-state index contributed by atoms with van der Waals surface area (Å²) in [6, 6.07) is 11.8. The number of aromatic nitrogens is 2. The molecular formula is C13H14N4. The molecule has 1 heterocycles. The van der Waals surface area contributed by atoms with Gasteiger partial charge >= 0.3 is 0 Å². The number of anilines is 1. The summed E-state index contributed by atoms with van der Waals surface area (Å²) in [4.78, 5) is 0. The van der Waals surface area contributed by atoms with Crippen molar-refractivity contribution in [3.8, 4) is 17.3 Å². The first kappa shape index (κ1) is 11.2. The molecule has 0 saturated carbocycles. The number of hydrogen-bond donors (Lipinski definition) is 1. The third kappa shape index (κ3) is 2.00. The van der Waals surface area contributed by atoms with E-state index in [0.29, 0.717) is 17.1 Å². The Bertz CT molecular complexity index is 549. The van der Waals surface area contributed by atoms with E-state index in [0.717, 1.165) is 18.5 Å². The van der Waals surface area contributed by atoms with Crippen LogP contribution < -0.4 is 5.73 Å². The van der Waals surface area contributed by atoms with Gasteiger partial charge in [0.2, 0.25) is 0 Å². The lowest BCUT2D eigenvalue weighted by molar-refractivity contribution is 0.613. The van der Waals surface area contributed by atoms with E-state index in [1.54, 1.807) is 4.68 Å². The highest BCUT2D eigenvalue weighted by Gasteiger charge is 2.15. The summed E-state index contributed by atoms with van der Waals surface area (Å²) in [5.74, 6) is 0.452. The summed E-state index contributed by atoms with van der Waals surface area (Å²) < 4.78 is 1.70. The van der Waals surface area contributed by atoms with Gasteiger partial charge in [-0.3, -0.25) is 0 Å². The van der Waals surface area contributed by atoms with Gasteiger partial charge in [-0.2, -0.15) is 10.4 Å². The van der Waals surface area contributed by atoms with Crippen LogP contribution in [0.1, 0.15) is 18.9 Å². The molecule has 0 radical (unpaired) electrons. The van der Waals surface area contributed by atoms with Crippen LogP contribution in [0.15, 0.2) is 30.3 Å². The number of rotatable bonds is 3. The van der Waals surface area contributed by atoms with Crippen LogP contribution in [0.4, 0.5) is 5.82 Å². The zero-order valence-corrected chi connectivity index (χ0v) is 9.72. The van der Waals surface area contributed by atoms with Gasteiger partial charge < -0.3 is 5.73 Å². The third-order valence-electron chi connectivity index (χ3n) is 2.59. The maximum absolute atomic E-state index is 9.16. The van der Waals surface area contributed by atoms with Crippen LogP contribution in [0.2, 0.25) is 0 Å². The van der Waals surface area contributed by atoms with Crippen LogP contribution in [0.3, 0.4) is 0 Å². The molecule has 0 aliphatic rings. The molecule has 0 aliphatic heterocycles. The SMILES string of the molecule is CCCn1nc(-c2ccccc2)c(C#N)c1N. The van der Waals surface area contributed by atoms with Gasteiger partial charge in [-0.05, 0) is 6.42 Å². The summed E-state index contributed by atoms with van der Waals surface area (Å²) in [7, 11) is 0. The summed E-state index contributed by atoms with van der Waals surface area (Å²) in [5, 5.41) is 13.6. The molecule has 1 aromatic carbocycles. The van der Waals surface area contributed by atoms with E-state index in [9.17, 15) is 0 Å². The molecule has 2 rings (SSSR count). The monoisotopic (exact) mass is 226 g/mol. The van der Waals surface area contributed by atoms with Gasteiger partial charge in [0.05, 0.1) is 0 Å². The number of nitrogen functional groups attached to an aromatic ring is 1. The van der Waals surface area contributed by atoms with Crippen LogP contribution in [0.5, 0.6) is 0 Å². The molecule has 0 amide bonds. The zero-order valence-electron chi connectivity index (χ0n) is 9.72. The summed E-state index contributed by atoms with van der Waals surface area (Å²) in [5.41, 5.74) is 7.97. The lowest BCUT2D eigenvalue weighted by atomic mass is 10.1. The van der Waals surface area contributed by atoms with Crippen molar-refractivity contribution in [3.05, 3.63) is 35.9 Å². The van der Waals surface area contributed by atoms with Crippen molar-refractivity contribution in [2.24, 2.45) is 0 Å². The average molecular weight is 226 g/mol. The second kappa shape index (κ2) is 4.71. The highest BCUT2D eigenvalue weighted by atomic mass is 15.3. The van der Waals surface area contributed by atoms with Gasteiger partial charge in [-0.25, -0.2) is 4.68 Å². The molecule has 0 aliphatic carbocycles. The maximum atomic E-state index is 9.16. The molecular weight excluding hydrogens is 212 g/mol. The van der Waals surface area contributed by atoms with Crippen LogP contribution in [-0.4, -0.2) is 9.78 Å². The van der Waals surface area contributed by atoms with Gasteiger partial charge in [-0.15, -0.1) is 0 Å². The van der Waals surface area contributed by atoms with Gasteiger partial charge in [0.25, 0.3) is 0 Å². The quantitative estimate of drug-likeness (QED) is 0.873. The van der Waals surface area contributed by atoms with E-state index in [-0.39, 0.29) is 0 Å². The van der Waals surface area contributed by atoms with Crippen molar-refractivity contribution in [1.82, 2.24) is 9.78 Å². The molecule has 0 unspecified atom stereocenters. The predicted octanol–water partition coefficient (Wildman–Crippen LogP) is 2.41. The van der Waals surface area contributed by atoms with Crippen molar-refractivity contribution in [2.75, 3.05) is 5.73 Å². The molecule has 0 spiro atoms. The number of nitrogens with two attached hydrogens (primary N) is 1. The summed E-state index contributed by atoms with van der Waals surface area (Å²) in [6.07, 6.45) is 0.935. The molecule has 17 heavy (non-hydrogen) atoms. The number of nitriles is 1. The van der Waals surface area contributed by atoms with E-state index >= 15 is 0 Å². The van der Waals surface area contributed by atoms with E-state index in [1.165, 1.54) is 0 Å². The van der Waals surface area contributed by atoms with Crippen molar-refractivity contribution in [1.29, 1.82) is 5.26 Å². The van der Waals surface area contributed by atoms with Crippen molar-refractivity contribution in [3.63, 3.8) is 0 Å². The largest absolute Gasteiger partial charge is 0.383 e. The van der Waals surface area contributed by atoms with E-state index in [4.69, 9.17) is 11.0 Å². The number of nitrogens with zero attached hydrogens (tertiary/aromatic N) is 3. The lowest BCUT2D eigenvalue weighted by Gasteiger charge is -1.99. The smallest absolute Gasteiger partial charge is 0.140 e. The fourth-order valence-corrected chi connectivity index (χ4v) is 1.77. The maximum Gasteiger partial charge on any atom is 0.140 e. The van der Waals surface area contributed by atoms with Gasteiger partial charge in [0, 0.05) is 12.1 Å². The van der Waals surface area contributed by atoms with E-state index in [1.807, 2.05) is 30.3 Å². The Balaban J connectivity index is 2.55. The van der Waals surface area contributed by atoms with E-state index in [2.05, 4.69) is 18.1 Å². The Hall–Kier alpha value is -2.28. The van der Waals surface area contributed by atoms with Crippen LogP contribution >= 0.6 is 0 Å². The average Bonchev–Trinajstić information content (AvgIpc) is 2.68. The topological polar surface area (TPSA) is 67.6 Å². The second-order valence-corrected chi connectivity index (χ2v) is 3.81. The number of benzene rings is 1. The van der Waals surface area contributed by atoms with E-state index < -0.39 is 0 Å². The summed E-state index contributed by atoms with van der Waals surface area (Å²) >= 11 is 0. The van der Waals surface area contributed by atoms with Crippen molar-refractivity contribution >= 4 is 5.82 Å². The Kier molecular flexibility index (Phi) is 3.10. The first-order valence-corrected chi connectivity index (χ1v) is 5.59. The van der Waals surface area contributed by atoms with Crippen LogP contribution in [-0.2, 0) is 6.54 Å². The molecule has 0 bridgehead atoms. The standard InChI is InChI=1S/C13H14N4/c1-2-8-17-13(15)11(9-14)12(16-17)10-6-4-3-5-7-10/h3-7H,2,8,15H2,1H3. The number of hydrogen-bond acceptors (Lipinski definition) is 3. The highest BCUT2D eigenvalue weighted by molar-refractivity contribution is 5.72. The van der Waals surface area contributed by atoms with Crippen molar-refractivity contribution in [2.45, 2.75) is 19.9 Å². The molecule has 4 heteroatoms. The second-order valence-electron chi connectivity index (χ2n) is 3.81. The predicted molar refractivity (Wildman–Crippen MR) is 67.1 cm³/mol. The van der Waals surface area contributed by atoms with Gasteiger partial charge in [-0.1, -0.05) is 37.3 Å². The minimum Gasteiger partial charge on any atom is -0.383 e. The van der Waals surface area contributed by atoms with Gasteiger partial charge in [0.1, 0.15) is 23.1 Å². The Morgan fingerprint density at radius 3 is 2.65 bits per heavy atom. The fraction of sp³-hybridized carbons (Fsp3) is 0.231. The molecule has 2 N–H and O–H groups in total. The molecule has 86 valence electrons. The highest BCUT2D eigenvalue weighted by Crippen LogP contribution is 2.26. The first-order chi connectivity index (χ1) is 8.27.